The molecule has 3 heteroatoms. The van der Waals surface area contributed by atoms with Gasteiger partial charge in [-0.05, 0) is 31.2 Å². The number of rotatable bonds is 2. The summed E-state index contributed by atoms with van der Waals surface area (Å²) in [6.07, 6.45) is 0. The molecule has 82 valence electrons. The van der Waals surface area contributed by atoms with Crippen LogP contribution < -0.4 is 10.5 Å². The Balaban J connectivity index is 2.27. The maximum Gasteiger partial charge on any atom is 0.153 e. The number of anilines is 1. The Kier molecular flexibility index (Phi) is 2.77. The van der Waals surface area contributed by atoms with Crippen LogP contribution in [0.3, 0.4) is 0 Å². The van der Waals surface area contributed by atoms with E-state index >= 15 is 0 Å². The summed E-state index contributed by atoms with van der Waals surface area (Å²) in [7, 11) is 0. The minimum atomic E-state index is -0.468. The first-order valence-electron chi connectivity index (χ1n) is 4.95. The summed E-state index contributed by atoms with van der Waals surface area (Å²) in [6.45, 7) is 1.99. The standard InChI is InChI=1S/C13H12FNO/c1-9-5-7-10(8-6-9)16-12-4-2-3-11(14)13(12)15/h2-8H,15H2,1H3. The Hall–Kier alpha value is -2.03. The predicted molar refractivity (Wildman–Crippen MR) is 62.1 cm³/mol. The van der Waals surface area contributed by atoms with Crippen molar-refractivity contribution in [2.75, 3.05) is 5.73 Å². The van der Waals surface area contributed by atoms with Crippen molar-refractivity contribution in [2.45, 2.75) is 6.92 Å². The highest BCUT2D eigenvalue weighted by molar-refractivity contribution is 5.54. The van der Waals surface area contributed by atoms with E-state index in [1.807, 2.05) is 31.2 Å². The van der Waals surface area contributed by atoms with Crippen LogP contribution in [0.25, 0.3) is 0 Å². The number of benzene rings is 2. The van der Waals surface area contributed by atoms with Crippen LogP contribution in [0, 0.1) is 12.7 Å². The van der Waals surface area contributed by atoms with Crippen molar-refractivity contribution in [3.8, 4) is 11.5 Å². The lowest BCUT2D eigenvalue weighted by molar-refractivity contribution is 0.480. The lowest BCUT2D eigenvalue weighted by Gasteiger charge is -2.08. The second-order valence-electron chi connectivity index (χ2n) is 3.57. The molecule has 2 rings (SSSR count). The van der Waals surface area contributed by atoms with Crippen molar-refractivity contribution < 1.29 is 9.13 Å². The summed E-state index contributed by atoms with van der Waals surface area (Å²) >= 11 is 0. The van der Waals surface area contributed by atoms with Crippen molar-refractivity contribution in [3.63, 3.8) is 0 Å². The molecular weight excluding hydrogens is 205 g/mol. The Morgan fingerprint density at radius 2 is 1.75 bits per heavy atom. The molecular formula is C13H12FNO. The highest BCUT2D eigenvalue weighted by Crippen LogP contribution is 2.28. The number of para-hydroxylation sites is 1. The molecule has 0 fully saturated rings. The van der Waals surface area contributed by atoms with Gasteiger partial charge in [-0.1, -0.05) is 23.8 Å². The molecule has 0 aliphatic rings. The van der Waals surface area contributed by atoms with E-state index < -0.39 is 5.82 Å². The number of halogens is 1. The average molecular weight is 217 g/mol. The second-order valence-corrected chi connectivity index (χ2v) is 3.57. The Labute approximate surface area is 93.5 Å². The van der Waals surface area contributed by atoms with Crippen molar-refractivity contribution in [1.82, 2.24) is 0 Å². The third kappa shape index (κ3) is 2.14. The van der Waals surface area contributed by atoms with Gasteiger partial charge in [0.25, 0.3) is 0 Å². The minimum absolute atomic E-state index is 0.0306. The number of nitrogens with two attached hydrogens (primary N) is 1. The molecule has 0 spiro atoms. The number of aryl methyl sites for hydroxylation is 1. The second kappa shape index (κ2) is 4.23. The van der Waals surface area contributed by atoms with E-state index in [2.05, 4.69) is 0 Å². The van der Waals surface area contributed by atoms with Gasteiger partial charge in [0.15, 0.2) is 5.75 Å². The number of nitrogen functional groups attached to an aromatic ring is 1. The predicted octanol–water partition coefficient (Wildman–Crippen LogP) is 3.51. The van der Waals surface area contributed by atoms with Crippen molar-refractivity contribution in [1.29, 1.82) is 0 Å². The van der Waals surface area contributed by atoms with E-state index in [1.54, 1.807) is 12.1 Å². The molecule has 2 N–H and O–H groups in total. The maximum absolute atomic E-state index is 13.1. The molecule has 0 unspecified atom stereocenters. The molecule has 0 heterocycles. The summed E-state index contributed by atoms with van der Waals surface area (Å²) in [6, 6.07) is 12.0. The topological polar surface area (TPSA) is 35.2 Å². The zero-order valence-corrected chi connectivity index (χ0v) is 8.91. The molecule has 2 aromatic rings. The van der Waals surface area contributed by atoms with Crippen LogP contribution in [0.1, 0.15) is 5.56 Å². The summed E-state index contributed by atoms with van der Waals surface area (Å²) in [5, 5.41) is 0. The van der Waals surface area contributed by atoms with E-state index in [0.29, 0.717) is 11.5 Å². The molecule has 0 saturated heterocycles. The number of hydrogen-bond acceptors (Lipinski definition) is 2. The van der Waals surface area contributed by atoms with E-state index in [1.165, 1.54) is 6.07 Å². The molecule has 0 aliphatic heterocycles. The van der Waals surface area contributed by atoms with E-state index in [-0.39, 0.29) is 5.69 Å². The third-order valence-corrected chi connectivity index (χ3v) is 2.26. The molecule has 0 radical (unpaired) electrons. The van der Waals surface area contributed by atoms with Gasteiger partial charge < -0.3 is 10.5 Å². The first-order chi connectivity index (χ1) is 7.66. The largest absolute Gasteiger partial charge is 0.455 e. The fraction of sp³-hybridized carbons (Fsp3) is 0.0769. The van der Waals surface area contributed by atoms with Crippen LogP contribution >= 0.6 is 0 Å². The molecule has 0 atom stereocenters. The summed E-state index contributed by atoms with van der Waals surface area (Å²) in [4.78, 5) is 0. The quantitative estimate of drug-likeness (QED) is 0.781. The summed E-state index contributed by atoms with van der Waals surface area (Å²) in [5.41, 5.74) is 6.73. The zero-order valence-electron chi connectivity index (χ0n) is 8.91. The van der Waals surface area contributed by atoms with E-state index in [9.17, 15) is 4.39 Å². The van der Waals surface area contributed by atoms with Crippen LogP contribution in [0.2, 0.25) is 0 Å². The first-order valence-corrected chi connectivity index (χ1v) is 4.95. The average Bonchev–Trinajstić information content (AvgIpc) is 2.28. The summed E-state index contributed by atoms with van der Waals surface area (Å²) < 4.78 is 18.6. The minimum Gasteiger partial charge on any atom is -0.455 e. The molecule has 2 nitrogen and oxygen atoms in total. The van der Waals surface area contributed by atoms with E-state index in [0.717, 1.165) is 5.56 Å². The van der Waals surface area contributed by atoms with Crippen molar-refractivity contribution in [2.24, 2.45) is 0 Å². The highest BCUT2D eigenvalue weighted by atomic mass is 19.1. The molecule has 0 bridgehead atoms. The van der Waals surface area contributed by atoms with Crippen LogP contribution in [0.4, 0.5) is 10.1 Å². The Bertz CT molecular complexity index is 494. The van der Waals surface area contributed by atoms with Crippen molar-refractivity contribution >= 4 is 5.69 Å². The van der Waals surface area contributed by atoms with Gasteiger partial charge in [-0.2, -0.15) is 0 Å². The molecule has 2 aromatic carbocycles. The Morgan fingerprint density at radius 1 is 1.06 bits per heavy atom. The molecule has 0 amide bonds. The van der Waals surface area contributed by atoms with Gasteiger partial charge in [0.1, 0.15) is 17.3 Å². The van der Waals surface area contributed by atoms with Gasteiger partial charge in [-0.3, -0.25) is 0 Å². The monoisotopic (exact) mass is 217 g/mol. The molecule has 0 aliphatic carbocycles. The fourth-order valence-electron chi connectivity index (χ4n) is 1.34. The number of hydrogen-bond donors (Lipinski definition) is 1. The van der Waals surface area contributed by atoms with Gasteiger partial charge >= 0.3 is 0 Å². The van der Waals surface area contributed by atoms with Crippen LogP contribution in [0.5, 0.6) is 11.5 Å². The van der Waals surface area contributed by atoms with Crippen LogP contribution in [0.15, 0.2) is 42.5 Å². The lowest BCUT2D eigenvalue weighted by atomic mass is 10.2. The molecule has 0 aromatic heterocycles. The normalized spacial score (nSPS) is 10.1. The lowest BCUT2D eigenvalue weighted by Crippen LogP contribution is -1.95. The van der Waals surface area contributed by atoms with E-state index in [4.69, 9.17) is 10.5 Å². The van der Waals surface area contributed by atoms with Crippen LogP contribution in [-0.4, -0.2) is 0 Å². The SMILES string of the molecule is Cc1ccc(Oc2cccc(F)c2N)cc1. The van der Waals surface area contributed by atoms with Gasteiger partial charge in [-0.15, -0.1) is 0 Å². The maximum atomic E-state index is 13.1. The smallest absolute Gasteiger partial charge is 0.153 e. The van der Waals surface area contributed by atoms with Gasteiger partial charge in [-0.25, -0.2) is 4.39 Å². The zero-order chi connectivity index (χ0) is 11.5. The fourth-order valence-corrected chi connectivity index (χ4v) is 1.34. The summed E-state index contributed by atoms with van der Waals surface area (Å²) in [5.74, 6) is 0.511. The van der Waals surface area contributed by atoms with Gasteiger partial charge in [0.2, 0.25) is 0 Å². The van der Waals surface area contributed by atoms with Gasteiger partial charge in [0, 0.05) is 0 Å². The first kappa shape index (κ1) is 10.5. The molecule has 0 saturated carbocycles. The third-order valence-electron chi connectivity index (χ3n) is 2.26. The highest BCUT2D eigenvalue weighted by Gasteiger charge is 2.05. The number of ether oxygens (including phenoxy) is 1. The van der Waals surface area contributed by atoms with Crippen molar-refractivity contribution in [3.05, 3.63) is 53.8 Å². The van der Waals surface area contributed by atoms with Gasteiger partial charge in [0.05, 0.1) is 0 Å². The molecule has 16 heavy (non-hydrogen) atoms. The van der Waals surface area contributed by atoms with Crippen LogP contribution in [-0.2, 0) is 0 Å². The Morgan fingerprint density at radius 3 is 2.44 bits per heavy atom.